The molecule has 1 aromatic heterocycles. The van der Waals surface area contributed by atoms with Gasteiger partial charge in [0.1, 0.15) is 0 Å². The van der Waals surface area contributed by atoms with Crippen molar-refractivity contribution >= 4 is 29.0 Å². The first-order chi connectivity index (χ1) is 12.5. The molecular formula is C20H19N3O2S. The lowest BCUT2D eigenvalue weighted by atomic mass is 10.0. The van der Waals surface area contributed by atoms with Crippen LogP contribution in [0.25, 0.3) is 11.1 Å². The number of anilines is 1. The minimum atomic E-state index is -0.604. The summed E-state index contributed by atoms with van der Waals surface area (Å²) in [7, 11) is 0. The molecule has 0 spiro atoms. The Balaban J connectivity index is 1.67. The Hall–Kier alpha value is -3.12. The Labute approximate surface area is 155 Å². The zero-order chi connectivity index (χ0) is 18.5. The maximum atomic E-state index is 12.6. The van der Waals surface area contributed by atoms with Gasteiger partial charge in [0, 0.05) is 17.8 Å². The van der Waals surface area contributed by atoms with Crippen LogP contribution in [0.3, 0.4) is 0 Å². The number of hydrogen-bond acceptors (Lipinski definition) is 3. The van der Waals surface area contributed by atoms with Crippen LogP contribution in [0.2, 0.25) is 0 Å². The standard InChI is InChI=1S/C20H19N3O2S/c1-13-2-6-15(7-3-13)17-10-11-26-18(17)19(24)22-12-14-4-8-16(9-5-14)23-20(21)25/h2-11H,12H2,1H3,(H,22,24)(H3,21,23,25). The molecule has 0 aliphatic heterocycles. The zero-order valence-electron chi connectivity index (χ0n) is 14.3. The van der Waals surface area contributed by atoms with Crippen molar-refractivity contribution in [3.63, 3.8) is 0 Å². The topological polar surface area (TPSA) is 84.2 Å². The number of thiophene rings is 1. The molecule has 0 fully saturated rings. The van der Waals surface area contributed by atoms with E-state index in [4.69, 9.17) is 5.73 Å². The second kappa shape index (κ2) is 7.84. The van der Waals surface area contributed by atoms with Crippen LogP contribution in [-0.4, -0.2) is 11.9 Å². The van der Waals surface area contributed by atoms with Crippen molar-refractivity contribution in [2.75, 3.05) is 5.32 Å². The summed E-state index contributed by atoms with van der Waals surface area (Å²) in [5, 5.41) is 7.37. The normalized spacial score (nSPS) is 10.3. The van der Waals surface area contributed by atoms with E-state index >= 15 is 0 Å². The first-order valence-corrected chi connectivity index (χ1v) is 8.99. The van der Waals surface area contributed by atoms with Gasteiger partial charge >= 0.3 is 6.03 Å². The molecule has 0 unspecified atom stereocenters. The molecule has 0 saturated carbocycles. The second-order valence-corrected chi connectivity index (χ2v) is 6.81. The summed E-state index contributed by atoms with van der Waals surface area (Å²) in [5.74, 6) is -0.102. The maximum Gasteiger partial charge on any atom is 0.316 e. The van der Waals surface area contributed by atoms with Gasteiger partial charge in [0.2, 0.25) is 0 Å². The molecule has 0 aliphatic rings. The van der Waals surface area contributed by atoms with Crippen LogP contribution in [0.1, 0.15) is 20.8 Å². The number of aryl methyl sites for hydroxylation is 1. The maximum absolute atomic E-state index is 12.6. The number of nitrogens with one attached hydrogen (secondary N) is 2. The van der Waals surface area contributed by atoms with Crippen LogP contribution >= 0.6 is 11.3 Å². The number of urea groups is 1. The number of hydrogen-bond donors (Lipinski definition) is 3. The Morgan fingerprint density at radius 3 is 2.35 bits per heavy atom. The number of benzene rings is 2. The average molecular weight is 365 g/mol. The molecule has 132 valence electrons. The zero-order valence-corrected chi connectivity index (χ0v) is 15.1. The number of rotatable bonds is 5. The fourth-order valence-electron chi connectivity index (χ4n) is 2.56. The van der Waals surface area contributed by atoms with Crippen LogP contribution in [0.15, 0.2) is 60.0 Å². The third kappa shape index (κ3) is 4.29. The Kier molecular flexibility index (Phi) is 5.34. The van der Waals surface area contributed by atoms with Gasteiger partial charge < -0.3 is 16.4 Å². The van der Waals surface area contributed by atoms with Crippen molar-refractivity contribution in [2.24, 2.45) is 5.73 Å². The molecule has 6 heteroatoms. The molecule has 5 nitrogen and oxygen atoms in total. The molecule has 0 radical (unpaired) electrons. The third-order valence-electron chi connectivity index (χ3n) is 3.91. The van der Waals surface area contributed by atoms with Crippen LogP contribution < -0.4 is 16.4 Å². The van der Waals surface area contributed by atoms with Gasteiger partial charge in [-0.05, 0) is 41.6 Å². The molecule has 0 saturated heterocycles. The summed E-state index contributed by atoms with van der Waals surface area (Å²) in [4.78, 5) is 24.1. The van der Waals surface area contributed by atoms with Gasteiger partial charge in [-0.1, -0.05) is 42.0 Å². The highest BCUT2D eigenvalue weighted by Gasteiger charge is 2.14. The molecule has 2 aromatic carbocycles. The van der Waals surface area contributed by atoms with Gasteiger partial charge in [-0.15, -0.1) is 11.3 Å². The highest BCUT2D eigenvalue weighted by atomic mass is 32.1. The van der Waals surface area contributed by atoms with E-state index in [1.165, 1.54) is 16.9 Å². The van der Waals surface area contributed by atoms with E-state index in [2.05, 4.69) is 10.6 Å². The van der Waals surface area contributed by atoms with E-state index in [1.54, 1.807) is 12.1 Å². The van der Waals surface area contributed by atoms with Gasteiger partial charge in [-0.3, -0.25) is 4.79 Å². The molecule has 0 atom stereocenters. The minimum Gasteiger partial charge on any atom is -0.351 e. The quantitative estimate of drug-likeness (QED) is 0.635. The van der Waals surface area contributed by atoms with Crippen LogP contribution in [-0.2, 0) is 6.54 Å². The smallest absolute Gasteiger partial charge is 0.316 e. The van der Waals surface area contributed by atoms with E-state index < -0.39 is 6.03 Å². The van der Waals surface area contributed by atoms with E-state index in [9.17, 15) is 9.59 Å². The van der Waals surface area contributed by atoms with Crippen molar-refractivity contribution in [1.82, 2.24) is 5.32 Å². The van der Waals surface area contributed by atoms with Crippen molar-refractivity contribution < 1.29 is 9.59 Å². The molecule has 1 heterocycles. The van der Waals surface area contributed by atoms with E-state index in [-0.39, 0.29) is 5.91 Å². The van der Waals surface area contributed by atoms with Gasteiger partial charge in [0.15, 0.2) is 0 Å². The first kappa shape index (κ1) is 17.7. The molecule has 26 heavy (non-hydrogen) atoms. The fraction of sp³-hybridized carbons (Fsp3) is 0.100. The van der Waals surface area contributed by atoms with E-state index in [0.717, 1.165) is 16.7 Å². The van der Waals surface area contributed by atoms with Crippen LogP contribution in [0, 0.1) is 6.92 Å². The molecule has 0 aliphatic carbocycles. The summed E-state index contributed by atoms with van der Waals surface area (Å²) < 4.78 is 0. The largest absolute Gasteiger partial charge is 0.351 e. The monoisotopic (exact) mass is 365 g/mol. The molecule has 3 amide bonds. The Bertz CT molecular complexity index is 915. The highest BCUT2D eigenvalue weighted by molar-refractivity contribution is 7.12. The summed E-state index contributed by atoms with van der Waals surface area (Å²) in [5.41, 5.74) is 9.78. The van der Waals surface area contributed by atoms with Crippen molar-refractivity contribution in [1.29, 1.82) is 0 Å². The lowest BCUT2D eigenvalue weighted by molar-refractivity contribution is 0.0955. The fourth-order valence-corrected chi connectivity index (χ4v) is 3.39. The Morgan fingerprint density at radius 2 is 1.69 bits per heavy atom. The number of carbonyl (C=O) groups is 2. The molecule has 3 rings (SSSR count). The number of nitrogens with two attached hydrogens (primary N) is 1. The Morgan fingerprint density at radius 1 is 1.00 bits per heavy atom. The average Bonchev–Trinajstić information content (AvgIpc) is 3.11. The number of carbonyl (C=O) groups excluding carboxylic acids is 2. The SMILES string of the molecule is Cc1ccc(-c2ccsc2C(=O)NCc2ccc(NC(N)=O)cc2)cc1. The lowest BCUT2D eigenvalue weighted by Gasteiger charge is -2.08. The number of amides is 3. The summed E-state index contributed by atoms with van der Waals surface area (Å²) >= 11 is 1.43. The van der Waals surface area contributed by atoms with Crippen molar-refractivity contribution in [3.8, 4) is 11.1 Å². The number of primary amides is 1. The van der Waals surface area contributed by atoms with Gasteiger partial charge in [0.05, 0.1) is 4.88 Å². The summed E-state index contributed by atoms with van der Waals surface area (Å²) in [6.07, 6.45) is 0. The second-order valence-electron chi connectivity index (χ2n) is 5.90. The van der Waals surface area contributed by atoms with Gasteiger partial charge in [-0.25, -0.2) is 4.79 Å². The van der Waals surface area contributed by atoms with Gasteiger partial charge in [0.25, 0.3) is 5.91 Å². The molecular weight excluding hydrogens is 346 g/mol. The van der Waals surface area contributed by atoms with Crippen molar-refractivity contribution in [3.05, 3.63) is 76.0 Å². The minimum absolute atomic E-state index is 0.102. The van der Waals surface area contributed by atoms with Gasteiger partial charge in [-0.2, -0.15) is 0 Å². The third-order valence-corrected chi connectivity index (χ3v) is 4.82. The summed E-state index contributed by atoms with van der Waals surface area (Å²) in [6.45, 7) is 2.44. The van der Waals surface area contributed by atoms with E-state index in [1.807, 2.05) is 54.8 Å². The lowest BCUT2D eigenvalue weighted by Crippen LogP contribution is -2.22. The first-order valence-electron chi connectivity index (χ1n) is 8.11. The molecule has 4 N–H and O–H groups in total. The van der Waals surface area contributed by atoms with Crippen LogP contribution in [0.5, 0.6) is 0 Å². The molecule has 0 bridgehead atoms. The van der Waals surface area contributed by atoms with Crippen LogP contribution in [0.4, 0.5) is 10.5 Å². The molecule has 3 aromatic rings. The highest BCUT2D eigenvalue weighted by Crippen LogP contribution is 2.28. The summed E-state index contributed by atoms with van der Waals surface area (Å²) in [6, 6.07) is 16.7. The van der Waals surface area contributed by atoms with E-state index in [0.29, 0.717) is 17.1 Å². The predicted octanol–water partition coefficient (Wildman–Crippen LogP) is 4.14. The van der Waals surface area contributed by atoms with Crippen molar-refractivity contribution in [2.45, 2.75) is 13.5 Å². The predicted molar refractivity (Wildman–Crippen MR) is 105 cm³/mol.